The summed E-state index contributed by atoms with van der Waals surface area (Å²) in [4.78, 5) is 28.1. The molecule has 3 aromatic rings. The Morgan fingerprint density at radius 3 is 3.00 bits per heavy atom. The highest BCUT2D eigenvalue weighted by Crippen LogP contribution is 2.24. The van der Waals surface area contributed by atoms with E-state index in [1.54, 1.807) is 24.2 Å². The predicted molar refractivity (Wildman–Crippen MR) is 92.4 cm³/mol. The maximum absolute atomic E-state index is 12.8. The molecule has 0 fully saturated rings. The van der Waals surface area contributed by atoms with Gasteiger partial charge in [0.05, 0.1) is 22.6 Å². The number of amides is 1. The monoisotopic (exact) mass is 340 g/mol. The predicted octanol–water partition coefficient (Wildman–Crippen LogP) is 1.99. The molecule has 0 radical (unpaired) electrons. The van der Waals surface area contributed by atoms with E-state index in [0.717, 1.165) is 29.1 Å². The summed E-state index contributed by atoms with van der Waals surface area (Å²) in [5.74, 6) is -0.268. The quantitative estimate of drug-likeness (QED) is 0.731. The third-order valence-corrected chi connectivity index (χ3v) is 5.31. The van der Waals surface area contributed by atoms with Crippen molar-refractivity contribution < 1.29 is 4.79 Å². The van der Waals surface area contributed by atoms with Crippen LogP contribution in [0.5, 0.6) is 0 Å². The average Bonchev–Trinajstić information content (AvgIpc) is 3.17. The number of carbonyl (C=O) groups excluding carboxylic acids is 1. The normalized spacial score (nSPS) is 12.8. The van der Waals surface area contributed by atoms with E-state index in [0.29, 0.717) is 11.9 Å². The number of rotatable bonds is 3. The minimum Gasteiger partial charge on any atom is -0.346 e. The lowest BCUT2D eigenvalue weighted by molar-refractivity contribution is 0.0784. The molecule has 0 atom stereocenters. The van der Waals surface area contributed by atoms with Gasteiger partial charge in [-0.2, -0.15) is 0 Å². The molecule has 0 unspecified atom stereocenters. The fraction of sp³-hybridized carbons (Fsp3) is 0.294. The number of carbonyl (C=O) groups is 1. The lowest BCUT2D eigenvalue weighted by Crippen LogP contribution is -2.31. The van der Waals surface area contributed by atoms with E-state index in [2.05, 4.69) is 9.59 Å². The third kappa shape index (κ3) is 2.24. The molecule has 0 N–H and O–H groups in total. The maximum atomic E-state index is 12.8. The summed E-state index contributed by atoms with van der Waals surface area (Å²) in [5, 5.41) is 4.58. The van der Waals surface area contributed by atoms with Gasteiger partial charge < -0.3 is 9.47 Å². The first-order chi connectivity index (χ1) is 11.6. The van der Waals surface area contributed by atoms with E-state index < -0.39 is 0 Å². The molecule has 0 aliphatic carbocycles. The molecule has 0 spiro atoms. The van der Waals surface area contributed by atoms with Gasteiger partial charge in [0.25, 0.3) is 5.91 Å². The average molecular weight is 340 g/mol. The maximum Gasteiger partial charge on any atom is 0.259 e. The molecule has 1 aliphatic heterocycles. The van der Waals surface area contributed by atoms with Crippen molar-refractivity contribution in [3.8, 4) is 0 Å². The zero-order chi connectivity index (χ0) is 16.8. The number of para-hydroxylation sites is 1. The van der Waals surface area contributed by atoms with Gasteiger partial charge in [-0.25, -0.2) is 0 Å². The largest absolute Gasteiger partial charge is 0.346 e. The molecule has 122 valence electrons. The number of nitrogens with zero attached hydrogens (tertiary/aromatic N) is 4. The third-order valence-electron chi connectivity index (χ3n) is 4.51. The second kappa shape index (κ2) is 5.52. The van der Waals surface area contributed by atoms with Crippen LogP contribution < -0.4 is 5.43 Å². The Morgan fingerprint density at radius 1 is 1.42 bits per heavy atom. The molecule has 2 aromatic heterocycles. The minimum absolute atomic E-state index is 0.194. The summed E-state index contributed by atoms with van der Waals surface area (Å²) in [6.07, 6.45) is 2.60. The molecule has 24 heavy (non-hydrogen) atoms. The number of hydrogen-bond acceptors (Lipinski definition) is 5. The van der Waals surface area contributed by atoms with Gasteiger partial charge >= 0.3 is 0 Å². The van der Waals surface area contributed by atoms with Gasteiger partial charge in [-0.15, -0.1) is 5.10 Å². The van der Waals surface area contributed by atoms with Crippen LogP contribution in [0.15, 0.2) is 29.2 Å². The van der Waals surface area contributed by atoms with Crippen molar-refractivity contribution in [2.45, 2.75) is 26.4 Å². The number of benzene rings is 1. The molecule has 1 aliphatic rings. The topological polar surface area (TPSA) is 68.1 Å². The van der Waals surface area contributed by atoms with Gasteiger partial charge in [0.1, 0.15) is 5.56 Å². The van der Waals surface area contributed by atoms with E-state index in [4.69, 9.17) is 0 Å². The van der Waals surface area contributed by atoms with E-state index in [-0.39, 0.29) is 16.9 Å². The van der Waals surface area contributed by atoms with Gasteiger partial charge in [-0.3, -0.25) is 9.59 Å². The molecule has 0 saturated carbocycles. The van der Waals surface area contributed by atoms with Crippen LogP contribution in [0.3, 0.4) is 0 Å². The fourth-order valence-electron chi connectivity index (χ4n) is 3.20. The number of pyridine rings is 1. The summed E-state index contributed by atoms with van der Waals surface area (Å²) >= 11 is 1.27. The summed E-state index contributed by atoms with van der Waals surface area (Å²) < 4.78 is 5.91. The Labute approximate surface area is 142 Å². The fourth-order valence-corrected chi connectivity index (χ4v) is 3.88. The Morgan fingerprint density at radius 2 is 2.25 bits per heavy atom. The van der Waals surface area contributed by atoms with Crippen molar-refractivity contribution in [2.24, 2.45) is 0 Å². The number of hydrogen-bond donors (Lipinski definition) is 0. The first kappa shape index (κ1) is 15.0. The molecule has 0 saturated heterocycles. The van der Waals surface area contributed by atoms with E-state index >= 15 is 0 Å². The number of aromatic nitrogens is 3. The zero-order valence-corrected chi connectivity index (χ0v) is 14.3. The van der Waals surface area contributed by atoms with Crippen LogP contribution in [0.1, 0.15) is 26.5 Å². The first-order valence-electron chi connectivity index (χ1n) is 7.74. The molecule has 0 bridgehead atoms. The Hall–Kier alpha value is -2.54. The minimum atomic E-state index is -0.268. The molecule has 1 aromatic carbocycles. The van der Waals surface area contributed by atoms with Gasteiger partial charge in [0.2, 0.25) is 5.43 Å². The highest BCUT2D eigenvalue weighted by atomic mass is 32.1. The van der Waals surface area contributed by atoms with Crippen molar-refractivity contribution in [3.63, 3.8) is 0 Å². The van der Waals surface area contributed by atoms with Crippen molar-refractivity contribution in [3.05, 3.63) is 56.3 Å². The van der Waals surface area contributed by atoms with Crippen molar-refractivity contribution in [2.75, 3.05) is 7.05 Å². The second-order valence-corrected chi connectivity index (χ2v) is 6.91. The van der Waals surface area contributed by atoms with Crippen LogP contribution in [0.4, 0.5) is 0 Å². The van der Waals surface area contributed by atoms with Crippen molar-refractivity contribution in [1.82, 2.24) is 19.1 Å². The molecular weight excluding hydrogens is 324 g/mol. The van der Waals surface area contributed by atoms with E-state index in [1.807, 2.05) is 23.6 Å². The highest BCUT2D eigenvalue weighted by Gasteiger charge is 2.23. The van der Waals surface area contributed by atoms with Crippen molar-refractivity contribution >= 4 is 28.3 Å². The van der Waals surface area contributed by atoms with Crippen LogP contribution in [0.2, 0.25) is 0 Å². The van der Waals surface area contributed by atoms with Crippen LogP contribution in [0.25, 0.3) is 10.9 Å². The Balaban J connectivity index is 1.75. The molecule has 7 heteroatoms. The van der Waals surface area contributed by atoms with Crippen LogP contribution in [0, 0.1) is 6.92 Å². The van der Waals surface area contributed by atoms with Gasteiger partial charge in [-0.05, 0) is 36.5 Å². The summed E-state index contributed by atoms with van der Waals surface area (Å²) in [7, 11) is 1.70. The summed E-state index contributed by atoms with van der Waals surface area (Å²) in [5.41, 5.74) is 2.98. The lowest BCUT2D eigenvalue weighted by Gasteiger charge is -2.17. The summed E-state index contributed by atoms with van der Waals surface area (Å²) in [6, 6.07) is 5.73. The second-order valence-electron chi connectivity index (χ2n) is 6.07. The SMILES string of the molecule is Cc1nnsc1CN(C)C(=O)c1cn2c3c(cccc3c1=O)CC2. The van der Waals surface area contributed by atoms with Crippen LogP contribution >= 0.6 is 11.5 Å². The molecule has 6 nitrogen and oxygen atoms in total. The first-order valence-corrected chi connectivity index (χ1v) is 8.52. The van der Waals surface area contributed by atoms with Gasteiger partial charge in [0.15, 0.2) is 0 Å². The Bertz CT molecular complexity index is 1020. The van der Waals surface area contributed by atoms with Crippen LogP contribution in [-0.2, 0) is 19.5 Å². The van der Waals surface area contributed by atoms with Gasteiger partial charge in [0, 0.05) is 25.2 Å². The molecule has 3 heterocycles. The smallest absolute Gasteiger partial charge is 0.259 e. The highest BCUT2D eigenvalue weighted by molar-refractivity contribution is 7.05. The van der Waals surface area contributed by atoms with Crippen LogP contribution in [-0.4, -0.2) is 32.0 Å². The van der Waals surface area contributed by atoms with E-state index in [1.165, 1.54) is 17.1 Å². The lowest BCUT2D eigenvalue weighted by atomic mass is 10.1. The standard InChI is InChI=1S/C17H16N4O2S/c1-10-14(24-19-18-10)9-20(2)17(23)13-8-21-7-6-11-4-3-5-12(15(11)21)16(13)22/h3-5,8H,6-7,9H2,1-2H3. The molecular formula is C17H16N4O2S. The summed E-state index contributed by atoms with van der Waals surface area (Å²) in [6.45, 7) is 3.07. The number of aryl methyl sites for hydroxylation is 3. The van der Waals surface area contributed by atoms with E-state index in [9.17, 15) is 9.59 Å². The molecule has 1 amide bonds. The Kier molecular flexibility index (Phi) is 3.45. The van der Waals surface area contributed by atoms with Gasteiger partial charge in [-0.1, -0.05) is 16.6 Å². The molecule has 4 rings (SSSR count). The zero-order valence-electron chi connectivity index (χ0n) is 13.4. The van der Waals surface area contributed by atoms with Crippen molar-refractivity contribution in [1.29, 1.82) is 0 Å².